The van der Waals surface area contributed by atoms with Crippen LogP contribution in [0.5, 0.6) is 5.75 Å². The number of pyridine rings is 1. The van der Waals surface area contributed by atoms with E-state index in [1.54, 1.807) is 50.2 Å². The van der Waals surface area contributed by atoms with E-state index in [1.165, 1.54) is 12.1 Å². The summed E-state index contributed by atoms with van der Waals surface area (Å²) in [5, 5.41) is 9.99. The molecule has 2 aromatic heterocycles. The van der Waals surface area contributed by atoms with Gasteiger partial charge in [0, 0.05) is 11.3 Å². The number of nitrogens with one attached hydrogen (secondary N) is 2. The summed E-state index contributed by atoms with van der Waals surface area (Å²) in [7, 11) is 0. The maximum Gasteiger partial charge on any atom is 0.265 e. The molecule has 1 aliphatic heterocycles. The maximum absolute atomic E-state index is 13.3. The molecule has 3 heterocycles. The van der Waals surface area contributed by atoms with Gasteiger partial charge in [0.2, 0.25) is 0 Å². The monoisotopic (exact) mass is 432 g/mol. The zero-order valence-corrected chi connectivity index (χ0v) is 17.1. The molecule has 9 heteroatoms. The van der Waals surface area contributed by atoms with Gasteiger partial charge in [0.15, 0.2) is 6.10 Å². The molecule has 0 spiro atoms. The van der Waals surface area contributed by atoms with E-state index in [4.69, 9.17) is 9.26 Å². The minimum atomic E-state index is -0.588. The summed E-state index contributed by atoms with van der Waals surface area (Å²) in [5.41, 5.74) is 3.03. The Balaban J connectivity index is 1.52. The molecule has 5 rings (SSSR count). The Morgan fingerprint density at radius 1 is 1.16 bits per heavy atom. The van der Waals surface area contributed by atoms with E-state index < -0.39 is 12.0 Å². The molecule has 2 aromatic carbocycles. The van der Waals surface area contributed by atoms with Gasteiger partial charge in [0.05, 0.1) is 28.0 Å². The van der Waals surface area contributed by atoms with Crippen LogP contribution in [0.2, 0.25) is 0 Å². The highest BCUT2D eigenvalue weighted by Gasteiger charge is 2.24. The van der Waals surface area contributed by atoms with E-state index in [1.807, 2.05) is 0 Å². The number of halogens is 1. The van der Waals surface area contributed by atoms with Gasteiger partial charge in [-0.1, -0.05) is 5.16 Å². The lowest BCUT2D eigenvalue weighted by Gasteiger charge is -2.23. The first-order chi connectivity index (χ1) is 15.4. The topological polar surface area (TPSA) is 106 Å². The number of ether oxygens (including phenoxy) is 1. The van der Waals surface area contributed by atoms with E-state index in [9.17, 15) is 14.0 Å². The summed E-state index contributed by atoms with van der Waals surface area (Å²) in [6, 6.07) is 12.4. The summed E-state index contributed by atoms with van der Waals surface area (Å²) in [6.07, 6.45) is -0.588. The van der Waals surface area contributed by atoms with Crippen LogP contribution in [0.4, 0.5) is 15.8 Å². The number of fused-ring (bicyclic) bond motifs is 2. The Morgan fingerprint density at radius 3 is 2.72 bits per heavy atom. The molecular formula is C23H17FN4O4. The van der Waals surface area contributed by atoms with Crippen molar-refractivity contribution in [3.8, 4) is 17.0 Å². The zero-order chi connectivity index (χ0) is 22.4. The highest BCUT2D eigenvalue weighted by molar-refractivity contribution is 6.13. The fraction of sp³-hybridized carbons (Fsp3) is 0.130. The normalized spacial score (nSPS) is 15.1. The van der Waals surface area contributed by atoms with Crippen molar-refractivity contribution >= 4 is 34.3 Å². The second-order valence-corrected chi connectivity index (χ2v) is 7.42. The van der Waals surface area contributed by atoms with Gasteiger partial charge in [-0.05, 0) is 62.4 Å². The Morgan fingerprint density at radius 2 is 1.94 bits per heavy atom. The summed E-state index contributed by atoms with van der Waals surface area (Å²) >= 11 is 0. The number of aryl methyl sites for hydroxylation is 1. The van der Waals surface area contributed by atoms with Crippen LogP contribution in [0.25, 0.3) is 22.4 Å². The molecule has 0 fully saturated rings. The molecule has 1 aliphatic rings. The van der Waals surface area contributed by atoms with Gasteiger partial charge in [-0.15, -0.1) is 0 Å². The third-order valence-electron chi connectivity index (χ3n) is 5.17. The van der Waals surface area contributed by atoms with E-state index in [0.29, 0.717) is 45.0 Å². The molecule has 32 heavy (non-hydrogen) atoms. The van der Waals surface area contributed by atoms with Crippen molar-refractivity contribution in [1.29, 1.82) is 0 Å². The fourth-order valence-electron chi connectivity index (χ4n) is 3.53. The summed E-state index contributed by atoms with van der Waals surface area (Å²) in [5.74, 6) is -0.527. The number of hydrogen-bond donors (Lipinski definition) is 2. The highest BCUT2D eigenvalue weighted by atomic mass is 19.1. The van der Waals surface area contributed by atoms with Crippen LogP contribution in [-0.4, -0.2) is 28.1 Å². The average molecular weight is 432 g/mol. The summed E-state index contributed by atoms with van der Waals surface area (Å²) in [4.78, 5) is 29.5. The van der Waals surface area contributed by atoms with Crippen molar-refractivity contribution in [3.05, 3.63) is 65.6 Å². The largest absolute Gasteiger partial charge is 0.479 e. The predicted molar refractivity (Wildman–Crippen MR) is 115 cm³/mol. The Labute approximate surface area is 181 Å². The van der Waals surface area contributed by atoms with Crippen LogP contribution in [0.3, 0.4) is 0 Å². The Hall–Kier alpha value is -4.27. The van der Waals surface area contributed by atoms with Crippen LogP contribution in [-0.2, 0) is 4.79 Å². The van der Waals surface area contributed by atoms with E-state index >= 15 is 0 Å². The van der Waals surface area contributed by atoms with Gasteiger partial charge < -0.3 is 19.9 Å². The third kappa shape index (κ3) is 3.43. The molecule has 0 saturated heterocycles. The van der Waals surface area contributed by atoms with Crippen LogP contribution in [0.15, 0.2) is 53.1 Å². The lowest BCUT2D eigenvalue weighted by Crippen LogP contribution is -2.34. The maximum atomic E-state index is 13.3. The number of aromatic nitrogens is 2. The molecule has 2 amide bonds. The van der Waals surface area contributed by atoms with Gasteiger partial charge in [0.1, 0.15) is 11.6 Å². The second-order valence-electron chi connectivity index (χ2n) is 7.42. The number of nitrogens with zero attached hydrogens (tertiary/aromatic N) is 2. The van der Waals surface area contributed by atoms with E-state index in [-0.39, 0.29) is 17.4 Å². The molecule has 160 valence electrons. The number of anilines is 2. The van der Waals surface area contributed by atoms with Crippen LogP contribution < -0.4 is 15.4 Å². The van der Waals surface area contributed by atoms with Gasteiger partial charge >= 0.3 is 0 Å². The summed E-state index contributed by atoms with van der Waals surface area (Å²) < 4.78 is 24.2. The first-order valence-corrected chi connectivity index (χ1v) is 9.85. The van der Waals surface area contributed by atoms with Crippen molar-refractivity contribution in [2.75, 3.05) is 10.6 Å². The van der Waals surface area contributed by atoms with Gasteiger partial charge in [-0.2, -0.15) is 0 Å². The van der Waals surface area contributed by atoms with E-state index in [0.717, 1.165) is 0 Å². The summed E-state index contributed by atoms with van der Waals surface area (Å²) in [6.45, 7) is 3.37. The smallest absolute Gasteiger partial charge is 0.265 e. The number of benzene rings is 2. The zero-order valence-electron chi connectivity index (χ0n) is 17.1. The minimum absolute atomic E-state index is 0.203. The van der Waals surface area contributed by atoms with Crippen molar-refractivity contribution < 1.29 is 23.2 Å². The van der Waals surface area contributed by atoms with Crippen molar-refractivity contribution in [2.45, 2.75) is 20.0 Å². The van der Waals surface area contributed by atoms with E-state index in [2.05, 4.69) is 20.8 Å². The predicted octanol–water partition coefficient (Wildman–Crippen LogP) is 4.31. The number of carbonyl (C=O) groups excluding carboxylic acids is 2. The van der Waals surface area contributed by atoms with Crippen molar-refractivity contribution in [2.24, 2.45) is 0 Å². The molecule has 4 aromatic rings. The average Bonchev–Trinajstić information content (AvgIpc) is 3.15. The van der Waals surface area contributed by atoms with Crippen LogP contribution in [0.1, 0.15) is 23.0 Å². The molecule has 2 N–H and O–H groups in total. The van der Waals surface area contributed by atoms with Crippen LogP contribution >= 0.6 is 0 Å². The molecule has 1 unspecified atom stereocenters. The van der Waals surface area contributed by atoms with Crippen molar-refractivity contribution in [3.63, 3.8) is 0 Å². The first kappa shape index (κ1) is 19.7. The standard InChI is InChI=1S/C23H17FN4O4/c1-11-20-16(10-17(27-23(20)32-28-11)13-3-5-14(24)6-4-13)22(30)25-15-7-8-19-18(9-15)26-21(29)12(2)31-19/h3-10,12H,1-2H3,(H,25,30)(H,26,29). The molecule has 8 nitrogen and oxygen atoms in total. The number of hydrogen-bond acceptors (Lipinski definition) is 6. The molecule has 0 bridgehead atoms. The van der Waals surface area contributed by atoms with Gasteiger partial charge in [-0.3, -0.25) is 9.59 Å². The van der Waals surface area contributed by atoms with Gasteiger partial charge in [0.25, 0.3) is 17.5 Å². The number of amides is 2. The lowest BCUT2D eigenvalue weighted by molar-refractivity contribution is -0.122. The molecule has 0 radical (unpaired) electrons. The Kier molecular flexibility index (Phi) is 4.58. The second kappa shape index (κ2) is 7.45. The molecular weight excluding hydrogens is 415 g/mol. The molecule has 1 atom stereocenters. The quantitative estimate of drug-likeness (QED) is 0.500. The molecule has 0 aliphatic carbocycles. The van der Waals surface area contributed by atoms with Crippen molar-refractivity contribution in [1.82, 2.24) is 10.1 Å². The minimum Gasteiger partial charge on any atom is -0.479 e. The number of rotatable bonds is 3. The third-order valence-corrected chi connectivity index (χ3v) is 5.17. The Bertz CT molecular complexity index is 1380. The number of carbonyl (C=O) groups is 2. The van der Waals surface area contributed by atoms with Crippen LogP contribution in [0, 0.1) is 12.7 Å². The lowest BCUT2D eigenvalue weighted by atomic mass is 10.0. The SMILES string of the molecule is Cc1noc2nc(-c3ccc(F)cc3)cc(C(=O)Nc3ccc4c(c3)NC(=O)C(C)O4)c12. The van der Waals surface area contributed by atoms with Gasteiger partial charge in [-0.25, -0.2) is 9.37 Å². The highest BCUT2D eigenvalue weighted by Crippen LogP contribution is 2.33. The molecule has 0 saturated carbocycles. The first-order valence-electron chi connectivity index (χ1n) is 9.85. The fourth-order valence-corrected chi connectivity index (χ4v) is 3.53.